The zero-order valence-electron chi connectivity index (χ0n) is 13.7. The van der Waals surface area contributed by atoms with Gasteiger partial charge in [-0.25, -0.2) is 0 Å². The highest BCUT2D eigenvalue weighted by Gasteiger charge is 2.24. The number of piperidine rings is 1. The second-order valence-electron chi connectivity index (χ2n) is 5.97. The maximum atomic E-state index is 12.2. The number of hydrogen-bond acceptors (Lipinski definition) is 4. The first-order chi connectivity index (χ1) is 10.6. The number of hydrogen-bond donors (Lipinski definition) is 1. The number of benzene rings is 1. The van der Waals surface area contributed by atoms with E-state index in [0.717, 1.165) is 37.4 Å². The summed E-state index contributed by atoms with van der Waals surface area (Å²) in [5.41, 5.74) is 0. The molecule has 1 heterocycles. The van der Waals surface area contributed by atoms with Crippen LogP contribution in [0.3, 0.4) is 0 Å². The average molecular weight is 306 g/mol. The van der Waals surface area contributed by atoms with Crippen LogP contribution in [0.5, 0.6) is 11.5 Å². The van der Waals surface area contributed by atoms with Gasteiger partial charge in [0.25, 0.3) is 0 Å². The van der Waals surface area contributed by atoms with Gasteiger partial charge in [-0.15, -0.1) is 0 Å². The number of nitrogens with one attached hydrogen (secondary N) is 1. The summed E-state index contributed by atoms with van der Waals surface area (Å²) in [5, 5.41) is 3.05. The van der Waals surface area contributed by atoms with Gasteiger partial charge in [0.15, 0.2) is 0 Å². The number of carbonyl (C=O) groups is 1. The molecule has 0 spiro atoms. The first-order valence-corrected chi connectivity index (χ1v) is 7.84. The van der Waals surface area contributed by atoms with Crippen molar-refractivity contribution in [1.29, 1.82) is 0 Å². The molecule has 0 aromatic heterocycles. The molecule has 5 nitrogen and oxygen atoms in total. The molecule has 1 amide bonds. The molecule has 2 rings (SSSR count). The van der Waals surface area contributed by atoms with Gasteiger partial charge < -0.3 is 19.7 Å². The molecule has 22 heavy (non-hydrogen) atoms. The summed E-state index contributed by atoms with van der Waals surface area (Å²) in [4.78, 5) is 14.5. The Morgan fingerprint density at radius 3 is 2.45 bits per heavy atom. The number of likely N-dealkylation sites (tertiary alicyclic amines) is 1. The third-order valence-electron chi connectivity index (χ3n) is 4.04. The van der Waals surface area contributed by atoms with E-state index < -0.39 is 0 Å². The highest BCUT2D eigenvalue weighted by molar-refractivity contribution is 5.79. The minimum absolute atomic E-state index is 0.00532. The normalized spacial score (nSPS) is 17.8. The molecule has 1 fully saturated rings. The van der Waals surface area contributed by atoms with Gasteiger partial charge >= 0.3 is 0 Å². The van der Waals surface area contributed by atoms with Gasteiger partial charge in [0.1, 0.15) is 18.1 Å². The van der Waals surface area contributed by atoms with Crippen LogP contribution in [0.2, 0.25) is 0 Å². The van der Waals surface area contributed by atoms with Crippen LogP contribution in [0.1, 0.15) is 19.8 Å². The van der Waals surface area contributed by atoms with E-state index >= 15 is 0 Å². The molecule has 0 bridgehead atoms. The van der Waals surface area contributed by atoms with Crippen LogP contribution in [0, 0.1) is 5.92 Å². The van der Waals surface area contributed by atoms with E-state index in [-0.39, 0.29) is 17.9 Å². The summed E-state index contributed by atoms with van der Waals surface area (Å²) < 4.78 is 10.8. The fourth-order valence-corrected chi connectivity index (χ4v) is 2.57. The van der Waals surface area contributed by atoms with E-state index in [2.05, 4.69) is 17.3 Å². The minimum atomic E-state index is -0.00532. The van der Waals surface area contributed by atoms with Gasteiger partial charge in [-0.3, -0.25) is 4.79 Å². The first-order valence-electron chi connectivity index (χ1n) is 7.84. The number of rotatable bonds is 6. The van der Waals surface area contributed by atoms with Gasteiger partial charge in [0.2, 0.25) is 5.91 Å². The molecule has 1 aliphatic rings. The van der Waals surface area contributed by atoms with Gasteiger partial charge in [0.05, 0.1) is 13.2 Å². The maximum Gasteiger partial charge on any atom is 0.223 e. The van der Waals surface area contributed by atoms with E-state index in [1.807, 2.05) is 31.2 Å². The molecule has 1 saturated heterocycles. The van der Waals surface area contributed by atoms with Crippen molar-refractivity contribution in [2.24, 2.45) is 5.92 Å². The molecule has 0 aliphatic carbocycles. The molecule has 0 unspecified atom stereocenters. The molecule has 0 radical (unpaired) electrons. The molecule has 1 N–H and O–H groups in total. The van der Waals surface area contributed by atoms with Crippen LogP contribution in [0.15, 0.2) is 24.3 Å². The lowest BCUT2D eigenvalue weighted by molar-refractivity contribution is -0.127. The van der Waals surface area contributed by atoms with Crippen molar-refractivity contribution >= 4 is 5.91 Å². The first kappa shape index (κ1) is 16.6. The highest BCUT2D eigenvalue weighted by Crippen LogP contribution is 2.18. The monoisotopic (exact) mass is 306 g/mol. The van der Waals surface area contributed by atoms with E-state index in [0.29, 0.717) is 6.61 Å². The fraction of sp³-hybridized carbons (Fsp3) is 0.588. The van der Waals surface area contributed by atoms with Crippen LogP contribution in [-0.2, 0) is 4.79 Å². The Hall–Kier alpha value is -1.75. The van der Waals surface area contributed by atoms with Crippen molar-refractivity contribution in [3.63, 3.8) is 0 Å². The predicted molar refractivity (Wildman–Crippen MR) is 86.3 cm³/mol. The Bertz CT molecular complexity index is 467. The minimum Gasteiger partial charge on any atom is -0.497 e. The standard InChI is InChI=1S/C17H26N2O3/c1-13(12-22-16-6-4-15(21-3)5-7-16)18-17(20)14-8-10-19(2)11-9-14/h4-7,13-14H,8-12H2,1-3H3,(H,18,20)/t13-/m1/s1. The van der Waals surface area contributed by atoms with Crippen molar-refractivity contribution < 1.29 is 14.3 Å². The summed E-state index contributed by atoms with van der Waals surface area (Å²) in [6, 6.07) is 7.44. The van der Waals surface area contributed by atoms with Crippen molar-refractivity contribution in [3.05, 3.63) is 24.3 Å². The number of methoxy groups -OCH3 is 1. The van der Waals surface area contributed by atoms with E-state index in [1.54, 1.807) is 7.11 Å². The van der Waals surface area contributed by atoms with Crippen LogP contribution in [-0.4, -0.2) is 50.7 Å². The summed E-state index contributed by atoms with van der Waals surface area (Å²) in [6.45, 7) is 4.42. The lowest BCUT2D eigenvalue weighted by Gasteiger charge is -2.29. The van der Waals surface area contributed by atoms with Crippen molar-refractivity contribution in [2.45, 2.75) is 25.8 Å². The fourth-order valence-electron chi connectivity index (χ4n) is 2.57. The van der Waals surface area contributed by atoms with Crippen molar-refractivity contribution in [1.82, 2.24) is 10.2 Å². The zero-order chi connectivity index (χ0) is 15.9. The Kier molecular flexibility index (Phi) is 6.07. The van der Waals surface area contributed by atoms with Crippen LogP contribution in [0.25, 0.3) is 0 Å². The average Bonchev–Trinajstić information content (AvgIpc) is 2.54. The van der Waals surface area contributed by atoms with Gasteiger partial charge in [-0.2, -0.15) is 0 Å². The van der Waals surface area contributed by atoms with Crippen molar-refractivity contribution in [2.75, 3.05) is 33.9 Å². The van der Waals surface area contributed by atoms with Crippen LogP contribution < -0.4 is 14.8 Å². The molecule has 1 atom stereocenters. The van der Waals surface area contributed by atoms with E-state index in [9.17, 15) is 4.79 Å². The number of nitrogens with zero attached hydrogens (tertiary/aromatic N) is 1. The Balaban J connectivity index is 1.72. The van der Waals surface area contributed by atoms with E-state index in [1.165, 1.54) is 0 Å². The molecular formula is C17H26N2O3. The third kappa shape index (κ3) is 4.91. The SMILES string of the molecule is COc1ccc(OC[C@@H](C)NC(=O)C2CCN(C)CC2)cc1. The largest absolute Gasteiger partial charge is 0.497 e. The van der Waals surface area contributed by atoms with Crippen LogP contribution in [0.4, 0.5) is 0 Å². The quantitative estimate of drug-likeness (QED) is 0.872. The Labute approximate surface area is 132 Å². The summed E-state index contributed by atoms with van der Waals surface area (Å²) in [7, 11) is 3.73. The van der Waals surface area contributed by atoms with Gasteiger partial charge in [-0.1, -0.05) is 0 Å². The topological polar surface area (TPSA) is 50.8 Å². The summed E-state index contributed by atoms with van der Waals surface area (Å²) >= 11 is 0. The Morgan fingerprint density at radius 1 is 1.27 bits per heavy atom. The second kappa shape index (κ2) is 8.03. The third-order valence-corrected chi connectivity index (χ3v) is 4.04. The molecular weight excluding hydrogens is 280 g/mol. The number of amides is 1. The highest BCUT2D eigenvalue weighted by atomic mass is 16.5. The molecule has 0 saturated carbocycles. The summed E-state index contributed by atoms with van der Waals surface area (Å²) in [5.74, 6) is 1.87. The van der Waals surface area contributed by atoms with Crippen molar-refractivity contribution in [3.8, 4) is 11.5 Å². The lowest BCUT2D eigenvalue weighted by Crippen LogP contribution is -2.43. The second-order valence-corrected chi connectivity index (χ2v) is 5.97. The molecule has 1 aromatic rings. The molecule has 122 valence electrons. The summed E-state index contributed by atoms with van der Waals surface area (Å²) in [6.07, 6.45) is 1.88. The molecule has 5 heteroatoms. The number of ether oxygens (including phenoxy) is 2. The Morgan fingerprint density at radius 2 is 1.86 bits per heavy atom. The maximum absolute atomic E-state index is 12.2. The molecule has 1 aromatic carbocycles. The number of carbonyl (C=O) groups excluding carboxylic acids is 1. The molecule has 1 aliphatic heterocycles. The predicted octanol–water partition coefficient (Wildman–Crippen LogP) is 1.92. The smallest absolute Gasteiger partial charge is 0.223 e. The zero-order valence-corrected chi connectivity index (χ0v) is 13.7. The van der Waals surface area contributed by atoms with Gasteiger partial charge in [0, 0.05) is 5.92 Å². The van der Waals surface area contributed by atoms with Crippen LogP contribution >= 0.6 is 0 Å². The lowest BCUT2D eigenvalue weighted by atomic mass is 9.96. The van der Waals surface area contributed by atoms with E-state index in [4.69, 9.17) is 9.47 Å². The van der Waals surface area contributed by atoms with Gasteiger partial charge in [-0.05, 0) is 64.2 Å².